The van der Waals surface area contributed by atoms with E-state index in [1.807, 2.05) is 0 Å². The summed E-state index contributed by atoms with van der Waals surface area (Å²) in [5.74, 6) is 1.52. The van der Waals surface area contributed by atoms with E-state index < -0.39 is 0 Å². The molecule has 4 nitrogen and oxygen atoms in total. The molecule has 0 saturated carbocycles. The van der Waals surface area contributed by atoms with Crippen LogP contribution in [0.2, 0.25) is 0 Å². The lowest BCUT2D eigenvalue weighted by molar-refractivity contribution is 0.243. The van der Waals surface area contributed by atoms with Gasteiger partial charge in [-0.2, -0.15) is 0 Å². The molecular weight excluding hydrogens is 200 g/mol. The molecule has 1 aromatic heterocycles. The van der Waals surface area contributed by atoms with Crippen molar-refractivity contribution >= 4 is 5.82 Å². The summed E-state index contributed by atoms with van der Waals surface area (Å²) in [6.07, 6.45) is 2.58. The molecule has 4 heteroatoms. The molecule has 0 aliphatic carbocycles. The summed E-state index contributed by atoms with van der Waals surface area (Å²) < 4.78 is 0. The minimum absolute atomic E-state index is 0.0443. The topological polar surface area (TPSA) is 55.0 Å². The van der Waals surface area contributed by atoms with Crippen molar-refractivity contribution < 1.29 is 0 Å². The van der Waals surface area contributed by atoms with Crippen LogP contribution in [0, 0.1) is 5.92 Å². The lowest BCUT2D eigenvalue weighted by atomic mass is 9.80. The highest BCUT2D eigenvalue weighted by Crippen LogP contribution is 2.29. The van der Waals surface area contributed by atoms with Gasteiger partial charge in [0.15, 0.2) is 0 Å². The number of aromatic nitrogens is 2. The molecule has 88 valence electrons. The Bertz CT molecular complexity index is 369. The highest BCUT2D eigenvalue weighted by Gasteiger charge is 2.42. The minimum Gasteiger partial charge on any atom is -0.353 e. The fourth-order valence-electron chi connectivity index (χ4n) is 1.94. The molecule has 2 rings (SSSR count). The second-order valence-electron chi connectivity index (χ2n) is 4.97. The molecule has 1 aliphatic rings. The Kier molecular flexibility index (Phi) is 2.84. The first-order valence-electron chi connectivity index (χ1n) is 5.90. The van der Waals surface area contributed by atoms with Crippen molar-refractivity contribution in [1.82, 2.24) is 9.97 Å². The van der Waals surface area contributed by atoms with Gasteiger partial charge in [-0.15, -0.1) is 0 Å². The normalized spacial score (nSPS) is 18.7. The van der Waals surface area contributed by atoms with Gasteiger partial charge in [0.05, 0.1) is 5.54 Å². The highest BCUT2D eigenvalue weighted by atomic mass is 15.3. The standard InChI is InChI=1S/C12H20N4/c1-4-10-5-11(15-8-14-10)16-6-12(13,7-16)9(2)3/h5,8-9H,4,6-7,13H2,1-3H3. The number of anilines is 1. The van der Waals surface area contributed by atoms with Gasteiger partial charge in [0.1, 0.15) is 12.1 Å². The molecular formula is C12H20N4. The number of aryl methyl sites for hydroxylation is 1. The first kappa shape index (κ1) is 11.3. The number of rotatable bonds is 3. The largest absolute Gasteiger partial charge is 0.353 e. The van der Waals surface area contributed by atoms with E-state index in [1.165, 1.54) is 0 Å². The molecule has 0 bridgehead atoms. The van der Waals surface area contributed by atoms with Crippen LogP contribution in [-0.2, 0) is 6.42 Å². The first-order valence-corrected chi connectivity index (χ1v) is 5.90. The van der Waals surface area contributed by atoms with Gasteiger partial charge in [-0.3, -0.25) is 0 Å². The Morgan fingerprint density at radius 2 is 2.12 bits per heavy atom. The molecule has 2 heterocycles. The van der Waals surface area contributed by atoms with Crippen molar-refractivity contribution in [3.05, 3.63) is 18.1 Å². The zero-order valence-corrected chi connectivity index (χ0v) is 10.3. The summed E-state index contributed by atoms with van der Waals surface area (Å²) >= 11 is 0. The fourth-order valence-corrected chi connectivity index (χ4v) is 1.94. The minimum atomic E-state index is -0.0443. The Morgan fingerprint density at radius 1 is 1.44 bits per heavy atom. The monoisotopic (exact) mass is 220 g/mol. The number of hydrogen-bond acceptors (Lipinski definition) is 4. The van der Waals surface area contributed by atoms with E-state index in [0.29, 0.717) is 5.92 Å². The predicted molar refractivity (Wildman–Crippen MR) is 65.4 cm³/mol. The predicted octanol–water partition coefficient (Wildman–Crippen LogP) is 1.21. The lowest BCUT2D eigenvalue weighted by Gasteiger charge is -2.51. The van der Waals surface area contributed by atoms with Crippen molar-refractivity contribution in [2.24, 2.45) is 11.7 Å². The summed E-state index contributed by atoms with van der Waals surface area (Å²) in [4.78, 5) is 10.7. The SMILES string of the molecule is CCc1cc(N2CC(N)(C(C)C)C2)ncn1. The molecule has 1 saturated heterocycles. The van der Waals surface area contributed by atoms with E-state index in [1.54, 1.807) is 6.33 Å². The highest BCUT2D eigenvalue weighted by molar-refractivity contribution is 5.45. The van der Waals surface area contributed by atoms with Gasteiger partial charge in [0.25, 0.3) is 0 Å². The Labute approximate surface area is 96.9 Å². The molecule has 1 fully saturated rings. The lowest BCUT2D eigenvalue weighted by Crippen LogP contribution is -2.70. The smallest absolute Gasteiger partial charge is 0.132 e. The Hall–Kier alpha value is -1.16. The van der Waals surface area contributed by atoms with E-state index >= 15 is 0 Å². The second-order valence-corrected chi connectivity index (χ2v) is 4.97. The first-order chi connectivity index (χ1) is 7.55. The second kappa shape index (κ2) is 4.01. The van der Waals surface area contributed by atoms with Gasteiger partial charge in [-0.1, -0.05) is 20.8 Å². The average Bonchev–Trinajstić information content (AvgIpc) is 2.24. The van der Waals surface area contributed by atoms with Crippen LogP contribution >= 0.6 is 0 Å². The molecule has 2 N–H and O–H groups in total. The molecule has 0 spiro atoms. The van der Waals surface area contributed by atoms with Crippen LogP contribution in [0.25, 0.3) is 0 Å². The van der Waals surface area contributed by atoms with Crippen LogP contribution < -0.4 is 10.6 Å². The van der Waals surface area contributed by atoms with Gasteiger partial charge in [-0.05, 0) is 12.3 Å². The fraction of sp³-hybridized carbons (Fsp3) is 0.667. The third-order valence-electron chi connectivity index (χ3n) is 3.52. The average molecular weight is 220 g/mol. The zero-order chi connectivity index (χ0) is 11.8. The molecule has 0 atom stereocenters. The summed E-state index contributed by atoms with van der Waals surface area (Å²) in [7, 11) is 0. The van der Waals surface area contributed by atoms with Gasteiger partial charge in [-0.25, -0.2) is 9.97 Å². The summed E-state index contributed by atoms with van der Waals surface area (Å²) in [6, 6.07) is 2.06. The van der Waals surface area contributed by atoms with E-state index in [-0.39, 0.29) is 5.54 Å². The third kappa shape index (κ3) is 1.89. The maximum absolute atomic E-state index is 6.26. The quantitative estimate of drug-likeness (QED) is 0.832. The molecule has 0 aromatic carbocycles. The maximum atomic E-state index is 6.26. The van der Waals surface area contributed by atoms with Gasteiger partial charge >= 0.3 is 0 Å². The van der Waals surface area contributed by atoms with Gasteiger partial charge in [0, 0.05) is 24.8 Å². The number of nitrogens with two attached hydrogens (primary N) is 1. The van der Waals surface area contributed by atoms with Gasteiger partial charge in [0.2, 0.25) is 0 Å². The van der Waals surface area contributed by atoms with E-state index in [2.05, 4.69) is 41.7 Å². The van der Waals surface area contributed by atoms with Crippen molar-refractivity contribution in [2.75, 3.05) is 18.0 Å². The molecule has 16 heavy (non-hydrogen) atoms. The Morgan fingerprint density at radius 3 is 2.69 bits per heavy atom. The maximum Gasteiger partial charge on any atom is 0.132 e. The number of hydrogen-bond donors (Lipinski definition) is 1. The van der Waals surface area contributed by atoms with Crippen molar-refractivity contribution in [2.45, 2.75) is 32.7 Å². The summed E-state index contributed by atoms with van der Waals surface area (Å²) in [5.41, 5.74) is 7.30. The summed E-state index contributed by atoms with van der Waals surface area (Å²) in [5, 5.41) is 0. The van der Waals surface area contributed by atoms with Crippen LogP contribution in [0.4, 0.5) is 5.82 Å². The van der Waals surface area contributed by atoms with Gasteiger partial charge < -0.3 is 10.6 Å². The molecule has 0 amide bonds. The van der Waals surface area contributed by atoms with Crippen LogP contribution in [0.3, 0.4) is 0 Å². The number of nitrogens with zero attached hydrogens (tertiary/aromatic N) is 3. The zero-order valence-electron chi connectivity index (χ0n) is 10.3. The van der Waals surface area contributed by atoms with Crippen LogP contribution in [0.1, 0.15) is 26.5 Å². The summed E-state index contributed by atoms with van der Waals surface area (Å²) in [6.45, 7) is 8.24. The third-order valence-corrected chi connectivity index (χ3v) is 3.52. The van der Waals surface area contributed by atoms with Crippen LogP contribution in [-0.4, -0.2) is 28.6 Å². The van der Waals surface area contributed by atoms with E-state index in [4.69, 9.17) is 5.73 Å². The molecule has 1 aliphatic heterocycles. The van der Waals surface area contributed by atoms with E-state index in [9.17, 15) is 0 Å². The van der Waals surface area contributed by atoms with Crippen LogP contribution in [0.15, 0.2) is 12.4 Å². The van der Waals surface area contributed by atoms with Crippen molar-refractivity contribution in [3.63, 3.8) is 0 Å². The molecule has 0 radical (unpaired) electrons. The molecule has 0 unspecified atom stereocenters. The van der Waals surface area contributed by atoms with Crippen molar-refractivity contribution in [1.29, 1.82) is 0 Å². The molecule has 1 aromatic rings. The Balaban J connectivity index is 2.06. The van der Waals surface area contributed by atoms with Crippen LogP contribution in [0.5, 0.6) is 0 Å². The van der Waals surface area contributed by atoms with E-state index in [0.717, 1.165) is 31.0 Å². The van der Waals surface area contributed by atoms with Crippen molar-refractivity contribution in [3.8, 4) is 0 Å².